The number of carbonyl (C=O) groups is 1. The zero-order valence-electron chi connectivity index (χ0n) is 11.5. The van der Waals surface area contributed by atoms with E-state index in [0.717, 1.165) is 21.8 Å². The molecule has 0 aliphatic carbocycles. The van der Waals surface area contributed by atoms with Gasteiger partial charge in [-0.05, 0) is 36.4 Å². The molecular weight excluding hydrogens is 284 g/mol. The van der Waals surface area contributed by atoms with Crippen molar-refractivity contribution in [2.24, 2.45) is 0 Å². The molecule has 0 atom stereocenters. The van der Waals surface area contributed by atoms with E-state index in [1.54, 1.807) is 23.3 Å². The number of hydrogen-bond donors (Lipinski definition) is 1. The molecule has 0 fully saturated rings. The molecule has 4 nitrogen and oxygen atoms in total. The lowest BCUT2D eigenvalue weighted by molar-refractivity contribution is -0.135. The normalized spacial score (nSPS) is 10.7. The van der Waals surface area contributed by atoms with Crippen LogP contribution in [0, 0.1) is 0 Å². The van der Waals surface area contributed by atoms with Crippen molar-refractivity contribution in [1.29, 1.82) is 0 Å². The van der Waals surface area contributed by atoms with Gasteiger partial charge in [0.05, 0.1) is 10.2 Å². The second-order valence-electron chi connectivity index (χ2n) is 4.78. The molecule has 0 saturated carbocycles. The first kappa shape index (κ1) is 13.6. The number of rotatable bonds is 4. The van der Waals surface area contributed by atoms with E-state index in [9.17, 15) is 4.79 Å². The van der Waals surface area contributed by atoms with Crippen molar-refractivity contribution in [2.45, 2.75) is 0 Å². The summed E-state index contributed by atoms with van der Waals surface area (Å²) in [5, 5.41) is 9.78. The van der Waals surface area contributed by atoms with E-state index >= 15 is 0 Å². The van der Waals surface area contributed by atoms with Crippen molar-refractivity contribution in [3.8, 4) is 10.6 Å². The van der Waals surface area contributed by atoms with Gasteiger partial charge in [0.2, 0.25) is 0 Å². The van der Waals surface area contributed by atoms with Gasteiger partial charge in [0.15, 0.2) is 0 Å². The molecule has 0 spiro atoms. The highest BCUT2D eigenvalue weighted by Gasteiger charge is 2.08. The van der Waals surface area contributed by atoms with E-state index in [1.807, 2.05) is 42.5 Å². The van der Waals surface area contributed by atoms with Gasteiger partial charge in [0.25, 0.3) is 0 Å². The van der Waals surface area contributed by atoms with Gasteiger partial charge in [-0.1, -0.05) is 12.1 Å². The van der Waals surface area contributed by atoms with Gasteiger partial charge in [0, 0.05) is 18.3 Å². The van der Waals surface area contributed by atoms with Crippen LogP contribution >= 0.6 is 11.3 Å². The fourth-order valence-corrected chi connectivity index (χ4v) is 3.12. The average Bonchev–Trinajstić information content (AvgIpc) is 2.90. The van der Waals surface area contributed by atoms with Gasteiger partial charge >= 0.3 is 5.97 Å². The van der Waals surface area contributed by atoms with E-state index < -0.39 is 5.97 Å². The van der Waals surface area contributed by atoms with Gasteiger partial charge in [-0.25, -0.2) is 4.98 Å². The van der Waals surface area contributed by atoms with Crippen LogP contribution in [0.3, 0.4) is 0 Å². The third-order valence-electron chi connectivity index (χ3n) is 3.22. The molecule has 0 radical (unpaired) electrons. The van der Waals surface area contributed by atoms with Gasteiger partial charge in [-0.3, -0.25) is 4.79 Å². The van der Waals surface area contributed by atoms with Gasteiger partial charge in [-0.15, -0.1) is 11.3 Å². The summed E-state index contributed by atoms with van der Waals surface area (Å²) in [5.41, 5.74) is 2.93. The second-order valence-corrected chi connectivity index (χ2v) is 5.81. The predicted octanol–water partition coefficient (Wildman–Crippen LogP) is 3.48. The monoisotopic (exact) mass is 298 g/mol. The number of likely N-dealkylation sites (N-methyl/N-ethyl adjacent to an activating group) is 1. The number of thiazole rings is 1. The summed E-state index contributed by atoms with van der Waals surface area (Å²) in [5.74, 6) is -0.840. The number of hydrogen-bond acceptors (Lipinski definition) is 4. The van der Waals surface area contributed by atoms with Crippen molar-refractivity contribution < 1.29 is 9.90 Å². The molecule has 1 heterocycles. The highest BCUT2D eigenvalue weighted by atomic mass is 32.1. The van der Waals surface area contributed by atoms with E-state index in [0.29, 0.717) is 0 Å². The maximum atomic E-state index is 10.7. The van der Waals surface area contributed by atoms with Gasteiger partial charge < -0.3 is 10.0 Å². The summed E-state index contributed by atoms with van der Waals surface area (Å²) in [4.78, 5) is 17.0. The molecule has 0 aliphatic rings. The maximum absolute atomic E-state index is 10.7. The number of carboxylic acid groups (broad SMARTS) is 1. The molecule has 1 N–H and O–H groups in total. The molecule has 0 saturated heterocycles. The first-order chi connectivity index (χ1) is 10.1. The fourth-order valence-electron chi connectivity index (χ4n) is 2.15. The van der Waals surface area contributed by atoms with E-state index in [2.05, 4.69) is 11.1 Å². The van der Waals surface area contributed by atoms with Crippen LogP contribution < -0.4 is 4.90 Å². The van der Waals surface area contributed by atoms with Gasteiger partial charge in [-0.2, -0.15) is 0 Å². The third-order valence-corrected chi connectivity index (χ3v) is 4.31. The Morgan fingerprint density at radius 1 is 1.19 bits per heavy atom. The van der Waals surface area contributed by atoms with E-state index in [-0.39, 0.29) is 6.54 Å². The van der Waals surface area contributed by atoms with Crippen molar-refractivity contribution in [1.82, 2.24) is 4.98 Å². The quantitative estimate of drug-likeness (QED) is 0.801. The van der Waals surface area contributed by atoms with Crippen molar-refractivity contribution >= 4 is 33.2 Å². The number of nitrogens with zero attached hydrogens (tertiary/aromatic N) is 2. The number of para-hydroxylation sites is 1. The topological polar surface area (TPSA) is 53.4 Å². The summed E-state index contributed by atoms with van der Waals surface area (Å²) in [6, 6.07) is 15.9. The van der Waals surface area contributed by atoms with Crippen LogP contribution in [-0.2, 0) is 4.79 Å². The summed E-state index contributed by atoms with van der Waals surface area (Å²) in [7, 11) is 1.76. The standard InChI is InChI=1S/C16H14N2O2S/c1-18(10-15(19)20)12-8-6-11(7-9-12)16-17-13-4-2-3-5-14(13)21-16/h2-9H,10H2,1H3,(H,19,20). The number of aliphatic carboxylic acids is 1. The Balaban J connectivity index is 1.88. The third kappa shape index (κ3) is 2.87. The molecule has 106 valence electrons. The van der Waals surface area contributed by atoms with Crippen LogP contribution in [0.25, 0.3) is 20.8 Å². The van der Waals surface area contributed by atoms with E-state index in [4.69, 9.17) is 5.11 Å². The lowest BCUT2D eigenvalue weighted by atomic mass is 10.2. The minimum Gasteiger partial charge on any atom is -0.480 e. The Morgan fingerprint density at radius 3 is 2.57 bits per heavy atom. The maximum Gasteiger partial charge on any atom is 0.323 e. The summed E-state index contributed by atoms with van der Waals surface area (Å²) in [6.07, 6.45) is 0. The Kier molecular flexibility index (Phi) is 3.58. The van der Waals surface area contributed by atoms with Crippen LogP contribution in [0.1, 0.15) is 0 Å². The van der Waals surface area contributed by atoms with Crippen LogP contribution in [0.2, 0.25) is 0 Å². The molecule has 3 aromatic rings. The average molecular weight is 298 g/mol. The molecule has 21 heavy (non-hydrogen) atoms. The summed E-state index contributed by atoms with van der Waals surface area (Å²) >= 11 is 1.66. The van der Waals surface area contributed by atoms with Crippen molar-refractivity contribution in [3.05, 3.63) is 48.5 Å². The van der Waals surface area contributed by atoms with Crippen molar-refractivity contribution in [2.75, 3.05) is 18.5 Å². The Labute approximate surface area is 126 Å². The molecule has 0 aliphatic heterocycles. The predicted molar refractivity (Wildman–Crippen MR) is 86.0 cm³/mol. The minimum absolute atomic E-state index is 0.0134. The minimum atomic E-state index is -0.840. The summed E-state index contributed by atoms with van der Waals surface area (Å²) in [6.45, 7) is -0.0134. The molecule has 0 bridgehead atoms. The van der Waals surface area contributed by atoms with Crippen LogP contribution in [0.5, 0.6) is 0 Å². The molecule has 0 unspecified atom stereocenters. The molecule has 2 aromatic carbocycles. The largest absolute Gasteiger partial charge is 0.480 e. The fraction of sp³-hybridized carbons (Fsp3) is 0.125. The summed E-state index contributed by atoms with van der Waals surface area (Å²) < 4.78 is 1.17. The SMILES string of the molecule is CN(CC(=O)O)c1ccc(-c2nc3ccccc3s2)cc1. The number of carboxylic acids is 1. The first-order valence-corrected chi connectivity index (χ1v) is 7.34. The molecular formula is C16H14N2O2S. The lowest BCUT2D eigenvalue weighted by Crippen LogP contribution is -2.24. The number of anilines is 1. The second kappa shape index (κ2) is 5.54. The van der Waals surface area contributed by atoms with Crippen molar-refractivity contribution in [3.63, 3.8) is 0 Å². The number of fused-ring (bicyclic) bond motifs is 1. The lowest BCUT2D eigenvalue weighted by Gasteiger charge is -2.16. The van der Waals surface area contributed by atoms with Gasteiger partial charge in [0.1, 0.15) is 11.6 Å². The zero-order valence-corrected chi connectivity index (χ0v) is 12.3. The molecule has 1 aromatic heterocycles. The highest BCUT2D eigenvalue weighted by Crippen LogP contribution is 2.30. The highest BCUT2D eigenvalue weighted by molar-refractivity contribution is 7.21. The Bertz CT molecular complexity index is 747. The molecule has 0 amide bonds. The van der Waals surface area contributed by atoms with Crippen LogP contribution in [-0.4, -0.2) is 29.7 Å². The van der Waals surface area contributed by atoms with Crippen LogP contribution in [0.15, 0.2) is 48.5 Å². The van der Waals surface area contributed by atoms with Crippen LogP contribution in [0.4, 0.5) is 5.69 Å². The molecule has 3 rings (SSSR count). The molecule has 5 heteroatoms. The Morgan fingerprint density at radius 2 is 1.90 bits per heavy atom. The smallest absolute Gasteiger partial charge is 0.323 e. The zero-order chi connectivity index (χ0) is 14.8. The number of aromatic nitrogens is 1. The Hall–Kier alpha value is -2.40. The van der Waals surface area contributed by atoms with E-state index in [1.165, 1.54) is 4.70 Å². The number of benzene rings is 2. The first-order valence-electron chi connectivity index (χ1n) is 6.52.